The number of hydrogen-bond donors (Lipinski definition) is 3. The number of sulfonamides is 1. The van der Waals surface area contributed by atoms with Gasteiger partial charge in [0.15, 0.2) is 0 Å². The molecule has 1 aromatic carbocycles. The molecule has 33 heavy (non-hydrogen) atoms. The summed E-state index contributed by atoms with van der Waals surface area (Å²) < 4.78 is 74.3. The molecule has 186 valence electrons. The zero-order valence-corrected chi connectivity index (χ0v) is 20.4. The molecule has 2 aliphatic rings. The lowest BCUT2D eigenvalue weighted by Gasteiger charge is -2.34. The summed E-state index contributed by atoms with van der Waals surface area (Å²) in [4.78, 5) is 8.90. The first-order chi connectivity index (χ1) is 14.9. The molecular weight excluding hydrogens is 483 g/mol. The van der Waals surface area contributed by atoms with Crippen LogP contribution in [0, 0.1) is 5.41 Å². The van der Waals surface area contributed by atoms with Crippen LogP contribution in [0.15, 0.2) is 22.6 Å². The monoisotopic (exact) mass is 511 g/mol. The maximum absolute atomic E-state index is 12.7. The third-order valence-electron chi connectivity index (χ3n) is 5.20. The summed E-state index contributed by atoms with van der Waals surface area (Å²) >= 11 is -1.33. The minimum Gasteiger partial charge on any atom is -0.591 e. The number of rotatable bonds is 3. The first-order valence-electron chi connectivity index (χ1n) is 10.1. The highest BCUT2D eigenvalue weighted by molar-refractivity contribution is 7.92. The smallest absolute Gasteiger partial charge is 0.490 e. The summed E-state index contributed by atoms with van der Waals surface area (Å²) in [6.45, 7) is 7.60. The normalized spacial score (nSPS) is 20.1. The lowest BCUT2D eigenvalue weighted by molar-refractivity contribution is -0.192. The Morgan fingerprint density at radius 1 is 1.24 bits per heavy atom. The Morgan fingerprint density at radius 3 is 2.24 bits per heavy atom. The number of alkyl halides is 3. The van der Waals surface area contributed by atoms with Crippen molar-refractivity contribution in [3.8, 4) is 0 Å². The van der Waals surface area contributed by atoms with Gasteiger partial charge in [0, 0.05) is 16.7 Å². The zero-order chi connectivity index (χ0) is 25.2. The van der Waals surface area contributed by atoms with Crippen LogP contribution in [0.2, 0.25) is 0 Å². The van der Waals surface area contributed by atoms with Crippen LogP contribution in [-0.4, -0.2) is 60.0 Å². The van der Waals surface area contributed by atoms with Gasteiger partial charge in [0.1, 0.15) is 21.8 Å². The highest BCUT2D eigenvalue weighted by atomic mass is 32.2. The van der Waals surface area contributed by atoms with Gasteiger partial charge in [-0.2, -0.15) is 13.2 Å². The van der Waals surface area contributed by atoms with Crippen LogP contribution in [0.1, 0.15) is 44.7 Å². The van der Waals surface area contributed by atoms with E-state index in [-0.39, 0.29) is 5.41 Å². The van der Waals surface area contributed by atoms with Crippen LogP contribution in [0.3, 0.4) is 0 Å². The van der Waals surface area contributed by atoms with E-state index in [2.05, 4.69) is 10.0 Å². The molecule has 0 saturated carbocycles. The van der Waals surface area contributed by atoms with Gasteiger partial charge in [-0.25, -0.2) is 13.2 Å². The Kier molecular flexibility index (Phi) is 8.14. The largest absolute Gasteiger partial charge is 0.591 e. The third kappa shape index (κ3) is 7.33. The average Bonchev–Trinajstić information content (AvgIpc) is 2.92. The molecule has 3 N–H and O–H groups in total. The van der Waals surface area contributed by atoms with Crippen LogP contribution in [0.5, 0.6) is 0 Å². The second-order valence-electron chi connectivity index (χ2n) is 9.06. The molecule has 0 radical (unpaired) electrons. The quantitative estimate of drug-likeness (QED) is 0.535. The molecule has 0 amide bonds. The molecule has 13 heteroatoms. The van der Waals surface area contributed by atoms with Gasteiger partial charge in [0.2, 0.25) is 10.0 Å². The van der Waals surface area contributed by atoms with E-state index in [4.69, 9.17) is 14.3 Å². The maximum atomic E-state index is 12.7. The first-order valence-corrected chi connectivity index (χ1v) is 13.1. The van der Waals surface area contributed by atoms with E-state index in [0.29, 0.717) is 5.69 Å². The molecule has 1 spiro atoms. The Balaban J connectivity index is 0.000000479. The first kappa shape index (κ1) is 27.4. The number of nitrogens with zero attached hydrogens (tertiary/aromatic N) is 1. The highest BCUT2D eigenvalue weighted by Gasteiger charge is 2.46. The number of aliphatic carboxylic acids is 1. The molecule has 1 aliphatic carbocycles. The highest BCUT2D eigenvalue weighted by Crippen LogP contribution is 2.45. The van der Waals surface area contributed by atoms with E-state index in [1.807, 2.05) is 32.9 Å². The number of anilines is 1. The van der Waals surface area contributed by atoms with Gasteiger partial charge in [-0.3, -0.25) is 4.72 Å². The van der Waals surface area contributed by atoms with E-state index < -0.39 is 38.3 Å². The number of carbonyl (C=O) groups is 1. The SMILES string of the molecule is CC(C)(C)[S@@+]([O-])N=C1c2ccc(NS(C)(=O)=O)cc2CC12CCNCC2.O=C(O)C(F)(F)F. The van der Waals surface area contributed by atoms with E-state index in [0.717, 1.165) is 55.4 Å². The molecule has 1 saturated heterocycles. The summed E-state index contributed by atoms with van der Waals surface area (Å²) in [5.74, 6) is -2.76. The number of halogens is 3. The van der Waals surface area contributed by atoms with Crippen molar-refractivity contribution in [2.75, 3.05) is 24.1 Å². The predicted octanol–water partition coefficient (Wildman–Crippen LogP) is 2.87. The Hall–Kier alpha value is -1.83. The van der Waals surface area contributed by atoms with Gasteiger partial charge in [-0.05, 0) is 70.8 Å². The van der Waals surface area contributed by atoms with E-state index in [9.17, 15) is 26.1 Å². The van der Waals surface area contributed by atoms with Crippen molar-refractivity contribution in [1.82, 2.24) is 5.32 Å². The van der Waals surface area contributed by atoms with Crippen molar-refractivity contribution >= 4 is 38.8 Å². The standard InChI is InChI=1S/C18H27N3O3S2.C2HF3O2/c1-17(2,3)25(22)20-16-15-6-5-14(21-26(4,23)24)11-13(15)12-18(16)7-9-19-10-8-18;3-2(4,5)1(6)7/h5-6,11,19,21H,7-10,12H2,1-4H3;(H,6,7)/t25-;/m1./s1. The van der Waals surface area contributed by atoms with Gasteiger partial charge in [-0.1, -0.05) is 10.5 Å². The van der Waals surface area contributed by atoms with Crippen molar-refractivity contribution in [3.63, 3.8) is 0 Å². The van der Waals surface area contributed by atoms with Crippen molar-refractivity contribution < 1.29 is 36.0 Å². The zero-order valence-electron chi connectivity index (χ0n) is 18.7. The summed E-state index contributed by atoms with van der Waals surface area (Å²) in [6.07, 6.45) is -1.25. The lowest BCUT2D eigenvalue weighted by Crippen LogP contribution is -2.41. The average molecular weight is 512 g/mol. The molecule has 1 fully saturated rings. The Morgan fingerprint density at radius 2 is 1.79 bits per heavy atom. The van der Waals surface area contributed by atoms with Crippen molar-refractivity contribution in [2.24, 2.45) is 9.81 Å². The van der Waals surface area contributed by atoms with E-state index in [1.165, 1.54) is 0 Å². The van der Waals surface area contributed by atoms with Crippen LogP contribution in [-0.2, 0) is 32.6 Å². The number of piperidine rings is 1. The van der Waals surface area contributed by atoms with Gasteiger partial charge in [0.25, 0.3) is 0 Å². The van der Waals surface area contributed by atoms with Crippen molar-refractivity contribution in [2.45, 2.75) is 51.0 Å². The van der Waals surface area contributed by atoms with Crippen LogP contribution >= 0.6 is 0 Å². The summed E-state index contributed by atoms with van der Waals surface area (Å²) in [5.41, 5.74) is 3.45. The maximum Gasteiger partial charge on any atom is 0.490 e. The fourth-order valence-electron chi connectivity index (χ4n) is 3.67. The molecule has 0 bridgehead atoms. The fraction of sp³-hybridized carbons (Fsp3) is 0.600. The molecule has 0 unspecified atom stereocenters. The van der Waals surface area contributed by atoms with Gasteiger partial charge >= 0.3 is 12.1 Å². The van der Waals surface area contributed by atoms with Crippen LogP contribution in [0.25, 0.3) is 0 Å². The topological polar surface area (TPSA) is 131 Å². The minimum atomic E-state index is -5.08. The number of hydrogen-bond acceptors (Lipinski definition) is 6. The number of carboxylic acid groups (broad SMARTS) is 1. The number of nitrogens with one attached hydrogen (secondary N) is 2. The van der Waals surface area contributed by atoms with Crippen LogP contribution in [0.4, 0.5) is 18.9 Å². The summed E-state index contributed by atoms with van der Waals surface area (Å²) in [5, 5.41) is 10.5. The number of benzene rings is 1. The molecular formula is C20H28F3N3O5S2. The second-order valence-corrected chi connectivity index (χ2v) is 12.7. The molecule has 8 nitrogen and oxygen atoms in total. The van der Waals surface area contributed by atoms with E-state index >= 15 is 0 Å². The number of carboxylic acids is 1. The second kappa shape index (κ2) is 9.80. The summed E-state index contributed by atoms with van der Waals surface area (Å²) in [7, 11) is -3.32. The number of fused-ring (bicyclic) bond motifs is 1. The third-order valence-corrected chi connectivity index (χ3v) is 7.20. The Labute approximate surface area is 194 Å². The van der Waals surface area contributed by atoms with Gasteiger partial charge < -0.3 is 15.0 Å². The lowest BCUT2D eigenvalue weighted by atomic mass is 9.75. The van der Waals surface area contributed by atoms with Gasteiger partial charge in [-0.15, -0.1) is 0 Å². The fourth-order valence-corrected chi connectivity index (χ4v) is 4.95. The molecule has 1 aliphatic heterocycles. The molecule has 0 aromatic heterocycles. The molecule has 1 aromatic rings. The van der Waals surface area contributed by atoms with Crippen molar-refractivity contribution in [1.29, 1.82) is 0 Å². The molecule has 3 rings (SSSR count). The Bertz CT molecular complexity index is 1010. The van der Waals surface area contributed by atoms with Gasteiger partial charge in [0.05, 0.1) is 6.26 Å². The summed E-state index contributed by atoms with van der Waals surface area (Å²) in [6, 6.07) is 5.57. The molecule has 1 atom stereocenters. The van der Waals surface area contributed by atoms with Crippen molar-refractivity contribution in [3.05, 3.63) is 29.3 Å². The van der Waals surface area contributed by atoms with Crippen LogP contribution < -0.4 is 10.0 Å². The van der Waals surface area contributed by atoms with E-state index in [1.54, 1.807) is 6.07 Å². The predicted molar refractivity (Wildman–Crippen MR) is 121 cm³/mol. The minimum absolute atomic E-state index is 0.113. The molecule has 1 heterocycles.